The minimum Gasteiger partial charge on any atom is -0.410 e. The van der Waals surface area contributed by atoms with Gasteiger partial charge >= 0.3 is 6.09 Å². The van der Waals surface area contributed by atoms with Crippen molar-refractivity contribution in [2.24, 2.45) is 0 Å². The fraction of sp³-hybridized carbons (Fsp3) is 0.414. The number of aliphatic hydroxyl groups excluding tert-OH is 1. The van der Waals surface area contributed by atoms with E-state index in [4.69, 9.17) is 9.72 Å². The van der Waals surface area contributed by atoms with Gasteiger partial charge in [0.2, 0.25) is 0 Å². The Kier molecular flexibility index (Phi) is 7.02. The maximum atomic E-state index is 13.8. The van der Waals surface area contributed by atoms with Gasteiger partial charge in [0.05, 0.1) is 29.5 Å². The molecule has 1 aliphatic heterocycles. The highest BCUT2D eigenvalue weighted by Gasteiger charge is 2.27. The first-order valence-corrected chi connectivity index (χ1v) is 13.0. The van der Waals surface area contributed by atoms with Gasteiger partial charge in [0.25, 0.3) is 5.56 Å². The van der Waals surface area contributed by atoms with E-state index in [-0.39, 0.29) is 11.6 Å². The van der Waals surface area contributed by atoms with Crippen LogP contribution in [0.4, 0.5) is 10.5 Å². The van der Waals surface area contributed by atoms with Crippen molar-refractivity contribution in [2.45, 2.75) is 51.2 Å². The maximum absolute atomic E-state index is 13.8. The van der Waals surface area contributed by atoms with Crippen LogP contribution in [-0.2, 0) is 6.42 Å². The van der Waals surface area contributed by atoms with Gasteiger partial charge in [-0.25, -0.2) is 9.78 Å². The summed E-state index contributed by atoms with van der Waals surface area (Å²) in [7, 11) is 3.71. The Hall–Kier alpha value is -3.65. The Bertz CT molecular complexity index is 1410. The van der Waals surface area contributed by atoms with Crippen LogP contribution in [0, 0.1) is 0 Å². The van der Waals surface area contributed by atoms with Crippen LogP contribution in [0.1, 0.15) is 55.3 Å². The summed E-state index contributed by atoms with van der Waals surface area (Å²) in [6, 6.07) is 9.21. The number of aromatic nitrogens is 2. The van der Waals surface area contributed by atoms with E-state index in [2.05, 4.69) is 17.1 Å². The normalized spacial score (nSPS) is 19.1. The molecule has 5 rings (SSSR count). The van der Waals surface area contributed by atoms with E-state index >= 15 is 0 Å². The van der Waals surface area contributed by atoms with Gasteiger partial charge in [-0.2, -0.15) is 0 Å². The third-order valence-electron chi connectivity index (χ3n) is 7.56. The van der Waals surface area contributed by atoms with E-state index in [1.807, 2.05) is 38.2 Å². The summed E-state index contributed by atoms with van der Waals surface area (Å²) in [5.74, 6) is 0.487. The van der Waals surface area contributed by atoms with E-state index in [1.54, 1.807) is 24.0 Å². The highest BCUT2D eigenvalue weighted by atomic mass is 16.6. The zero-order chi connectivity index (χ0) is 26.1. The molecule has 2 atom stereocenters. The molecule has 0 unspecified atom stereocenters. The van der Waals surface area contributed by atoms with Gasteiger partial charge in [-0.05, 0) is 55.5 Å². The Morgan fingerprint density at radius 2 is 2.05 bits per heavy atom. The fourth-order valence-electron chi connectivity index (χ4n) is 5.37. The van der Waals surface area contributed by atoms with Crippen molar-refractivity contribution in [3.8, 4) is 5.75 Å². The minimum absolute atomic E-state index is 0.117. The zero-order valence-corrected chi connectivity index (χ0v) is 21.7. The summed E-state index contributed by atoms with van der Waals surface area (Å²) in [5, 5.41) is 11.2. The van der Waals surface area contributed by atoms with Crippen LogP contribution in [0.2, 0.25) is 0 Å². The molecular weight excluding hydrogens is 468 g/mol. The molecule has 37 heavy (non-hydrogen) atoms. The number of carbonyl (C=O) groups excluding carboxylic acids is 1. The Morgan fingerprint density at radius 1 is 1.24 bits per heavy atom. The molecule has 8 heteroatoms. The lowest BCUT2D eigenvalue weighted by atomic mass is 9.91. The summed E-state index contributed by atoms with van der Waals surface area (Å²) < 4.78 is 7.17. The Labute approximate surface area is 216 Å². The predicted molar refractivity (Wildman–Crippen MR) is 145 cm³/mol. The van der Waals surface area contributed by atoms with Crippen molar-refractivity contribution >= 4 is 28.8 Å². The van der Waals surface area contributed by atoms with Gasteiger partial charge in [0.1, 0.15) is 11.3 Å². The van der Waals surface area contributed by atoms with E-state index in [9.17, 15) is 14.7 Å². The predicted octanol–water partition coefficient (Wildman–Crippen LogP) is 4.38. The summed E-state index contributed by atoms with van der Waals surface area (Å²) >= 11 is 0. The average molecular weight is 503 g/mol. The molecule has 194 valence electrons. The van der Waals surface area contributed by atoms with Crippen molar-refractivity contribution in [3.05, 3.63) is 69.8 Å². The molecule has 1 aromatic heterocycles. The second kappa shape index (κ2) is 10.4. The number of amides is 1. The number of nitrogens with zero attached hydrogens (tertiary/aromatic N) is 4. The molecule has 0 radical (unpaired) electrons. The molecule has 2 heterocycles. The van der Waals surface area contributed by atoms with Crippen LogP contribution in [-0.4, -0.2) is 58.9 Å². The molecule has 0 spiro atoms. The van der Waals surface area contributed by atoms with Crippen molar-refractivity contribution in [1.82, 2.24) is 14.5 Å². The zero-order valence-electron chi connectivity index (χ0n) is 21.7. The number of hydrogen-bond donors (Lipinski definition) is 1. The van der Waals surface area contributed by atoms with Crippen LogP contribution in [0.3, 0.4) is 0 Å². The summed E-state index contributed by atoms with van der Waals surface area (Å²) in [6.45, 7) is 3.18. The Balaban J connectivity index is 1.57. The monoisotopic (exact) mass is 502 g/mol. The van der Waals surface area contributed by atoms with E-state index in [0.717, 1.165) is 48.2 Å². The van der Waals surface area contributed by atoms with Crippen LogP contribution < -0.4 is 15.2 Å². The number of aliphatic hydroxyl groups is 1. The number of rotatable bonds is 5. The highest BCUT2D eigenvalue weighted by molar-refractivity contribution is 5.97. The van der Waals surface area contributed by atoms with Gasteiger partial charge in [-0.15, -0.1) is 0 Å². The van der Waals surface area contributed by atoms with Crippen LogP contribution in [0.5, 0.6) is 5.75 Å². The molecule has 8 nitrogen and oxygen atoms in total. The van der Waals surface area contributed by atoms with Crippen LogP contribution in [0.15, 0.2) is 47.5 Å². The summed E-state index contributed by atoms with van der Waals surface area (Å²) in [5.41, 5.74) is 4.52. The number of carbonyl (C=O) groups is 1. The van der Waals surface area contributed by atoms with Gasteiger partial charge in [0, 0.05) is 32.7 Å². The van der Waals surface area contributed by atoms with E-state index in [1.165, 1.54) is 4.90 Å². The average Bonchev–Trinajstić information content (AvgIpc) is 2.89. The van der Waals surface area contributed by atoms with Gasteiger partial charge in [-0.1, -0.05) is 37.1 Å². The first kappa shape index (κ1) is 25.0. The smallest absolute Gasteiger partial charge is 0.410 e. The molecule has 1 N–H and O–H groups in total. The Morgan fingerprint density at radius 3 is 2.84 bits per heavy atom. The van der Waals surface area contributed by atoms with Gasteiger partial charge < -0.3 is 19.6 Å². The van der Waals surface area contributed by atoms with Crippen molar-refractivity contribution < 1.29 is 14.6 Å². The SMILES string of the molecule is CCN(C)C(=O)Oc1cccc(Cc2cc3c(=O)n([C@H]4CCCC[C@@H]4O)cnc3c3c2C=CCN3C)c1. The molecule has 1 aliphatic carbocycles. The molecular formula is C29H34N4O4. The van der Waals surface area contributed by atoms with Gasteiger partial charge in [-0.3, -0.25) is 9.36 Å². The second-order valence-corrected chi connectivity index (χ2v) is 10.1. The maximum Gasteiger partial charge on any atom is 0.414 e. The number of fused-ring (bicyclic) bond motifs is 3. The fourth-order valence-corrected chi connectivity index (χ4v) is 5.37. The van der Waals surface area contributed by atoms with E-state index in [0.29, 0.717) is 36.0 Å². The van der Waals surface area contributed by atoms with Crippen molar-refractivity contribution in [1.29, 1.82) is 0 Å². The minimum atomic E-state index is -0.536. The third-order valence-corrected chi connectivity index (χ3v) is 7.56. The lowest BCUT2D eigenvalue weighted by Crippen LogP contribution is -2.35. The first-order valence-electron chi connectivity index (χ1n) is 13.0. The molecule has 1 fully saturated rings. The topological polar surface area (TPSA) is 87.9 Å². The highest BCUT2D eigenvalue weighted by Crippen LogP contribution is 2.36. The third kappa shape index (κ3) is 4.85. The number of likely N-dealkylation sites (N-methyl/N-ethyl adjacent to an activating group) is 1. The molecule has 0 bridgehead atoms. The molecule has 0 saturated heterocycles. The van der Waals surface area contributed by atoms with E-state index < -0.39 is 12.2 Å². The summed E-state index contributed by atoms with van der Waals surface area (Å²) in [6.07, 6.45) is 8.89. The molecule has 2 aromatic carbocycles. The lowest BCUT2D eigenvalue weighted by Gasteiger charge is -2.30. The molecule has 1 amide bonds. The summed E-state index contributed by atoms with van der Waals surface area (Å²) in [4.78, 5) is 34.4. The number of anilines is 1. The largest absolute Gasteiger partial charge is 0.414 e. The molecule has 3 aromatic rings. The number of ether oxygens (including phenoxy) is 1. The van der Waals surface area contributed by atoms with Crippen LogP contribution in [0.25, 0.3) is 17.0 Å². The van der Waals surface area contributed by atoms with Crippen LogP contribution >= 0.6 is 0 Å². The molecule has 1 saturated carbocycles. The quantitative estimate of drug-likeness (QED) is 0.557. The van der Waals surface area contributed by atoms with Gasteiger partial charge in [0.15, 0.2) is 0 Å². The first-order chi connectivity index (χ1) is 17.9. The second-order valence-electron chi connectivity index (χ2n) is 10.1. The van der Waals surface area contributed by atoms with Crippen molar-refractivity contribution in [2.75, 3.05) is 32.1 Å². The number of benzene rings is 2. The standard InChI is InChI=1S/C29H34N4O4/c1-4-31(2)29(36)37-21-10-7-9-19(16-21)15-20-17-23-26(27-22(20)11-8-14-32(27)3)30-18-33(28(23)35)24-12-5-6-13-25(24)34/h7-11,16-18,24-25,34H,4-6,12-15H2,1-3H3/t24-,25-/m0/s1. The number of hydrogen-bond acceptors (Lipinski definition) is 6. The lowest BCUT2D eigenvalue weighted by molar-refractivity contribution is 0.0735. The van der Waals surface area contributed by atoms with Crippen molar-refractivity contribution in [3.63, 3.8) is 0 Å². The molecule has 2 aliphatic rings.